The van der Waals surface area contributed by atoms with Crippen LogP contribution in [0.15, 0.2) is 40.9 Å². The van der Waals surface area contributed by atoms with Gasteiger partial charge in [0.1, 0.15) is 6.10 Å². The number of halogens is 3. The molecule has 100 valence electrons. The molecule has 5 heteroatoms. The molecule has 0 aromatic heterocycles. The van der Waals surface area contributed by atoms with Crippen LogP contribution in [0.2, 0.25) is 5.02 Å². The standard InChI is InChI=1S/C14H11BrClFO2/c1-19-12-6-5-8(7-11(12)17)14(18)9-3-2-4-10(15)13(9)16/h2-7,14,18H,1H3. The molecule has 0 aliphatic rings. The Morgan fingerprint density at radius 2 is 2.05 bits per heavy atom. The highest BCUT2D eigenvalue weighted by molar-refractivity contribution is 9.10. The number of aliphatic hydroxyl groups is 1. The monoisotopic (exact) mass is 344 g/mol. The van der Waals surface area contributed by atoms with E-state index in [0.29, 0.717) is 20.6 Å². The summed E-state index contributed by atoms with van der Waals surface area (Å²) in [6.45, 7) is 0. The third-order valence-electron chi connectivity index (χ3n) is 2.77. The zero-order valence-electron chi connectivity index (χ0n) is 10.0. The molecule has 1 N–H and O–H groups in total. The van der Waals surface area contributed by atoms with Gasteiger partial charge in [0.25, 0.3) is 0 Å². The van der Waals surface area contributed by atoms with E-state index in [0.717, 1.165) is 0 Å². The lowest BCUT2D eigenvalue weighted by Gasteiger charge is -2.14. The maximum Gasteiger partial charge on any atom is 0.165 e. The van der Waals surface area contributed by atoms with Crippen molar-refractivity contribution in [1.82, 2.24) is 0 Å². The fourth-order valence-electron chi connectivity index (χ4n) is 1.76. The SMILES string of the molecule is COc1ccc(C(O)c2cccc(Br)c2Cl)cc1F. The van der Waals surface area contributed by atoms with E-state index in [1.165, 1.54) is 19.2 Å². The molecule has 0 bridgehead atoms. The quantitative estimate of drug-likeness (QED) is 0.897. The first-order valence-electron chi connectivity index (χ1n) is 5.50. The van der Waals surface area contributed by atoms with Crippen molar-refractivity contribution in [2.75, 3.05) is 7.11 Å². The Hall–Kier alpha value is -1.10. The number of aliphatic hydroxyl groups excluding tert-OH is 1. The van der Waals surface area contributed by atoms with Gasteiger partial charge in [-0.25, -0.2) is 4.39 Å². The fraction of sp³-hybridized carbons (Fsp3) is 0.143. The number of methoxy groups -OCH3 is 1. The molecule has 0 saturated heterocycles. The Balaban J connectivity index is 2.41. The number of hydrogen-bond donors (Lipinski definition) is 1. The maximum atomic E-state index is 13.6. The molecule has 2 aromatic carbocycles. The largest absolute Gasteiger partial charge is 0.494 e. The van der Waals surface area contributed by atoms with Crippen molar-refractivity contribution < 1.29 is 14.2 Å². The number of rotatable bonds is 3. The predicted octanol–water partition coefficient (Wildman–Crippen LogP) is 4.33. The molecule has 0 amide bonds. The first-order chi connectivity index (χ1) is 9.04. The van der Waals surface area contributed by atoms with Crippen molar-refractivity contribution in [2.45, 2.75) is 6.10 Å². The normalized spacial score (nSPS) is 12.3. The van der Waals surface area contributed by atoms with Crippen LogP contribution in [0.3, 0.4) is 0 Å². The van der Waals surface area contributed by atoms with Crippen molar-refractivity contribution in [3.8, 4) is 5.75 Å². The molecule has 1 unspecified atom stereocenters. The van der Waals surface area contributed by atoms with Crippen molar-refractivity contribution in [3.63, 3.8) is 0 Å². The summed E-state index contributed by atoms with van der Waals surface area (Å²) in [5.74, 6) is -0.388. The van der Waals surface area contributed by atoms with Gasteiger partial charge < -0.3 is 9.84 Å². The summed E-state index contributed by atoms with van der Waals surface area (Å²) in [7, 11) is 1.39. The third kappa shape index (κ3) is 2.91. The van der Waals surface area contributed by atoms with E-state index in [1.807, 2.05) is 0 Å². The van der Waals surface area contributed by atoms with Crippen LogP contribution in [0.1, 0.15) is 17.2 Å². The number of benzene rings is 2. The van der Waals surface area contributed by atoms with Gasteiger partial charge in [0.15, 0.2) is 11.6 Å². The molecule has 0 radical (unpaired) electrons. The average molecular weight is 346 g/mol. The first kappa shape index (κ1) is 14.3. The van der Waals surface area contributed by atoms with Crippen LogP contribution in [-0.2, 0) is 0 Å². The van der Waals surface area contributed by atoms with Gasteiger partial charge >= 0.3 is 0 Å². The van der Waals surface area contributed by atoms with E-state index in [9.17, 15) is 9.50 Å². The molecule has 2 aromatic rings. The van der Waals surface area contributed by atoms with Gasteiger partial charge in [0.05, 0.1) is 12.1 Å². The molecular formula is C14H11BrClFO2. The summed E-state index contributed by atoms with van der Waals surface area (Å²) in [4.78, 5) is 0. The first-order valence-corrected chi connectivity index (χ1v) is 6.67. The van der Waals surface area contributed by atoms with Crippen LogP contribution in [0.4, 0.5) is 4.39 Å². The molecule has 0 aliphatic heterocycles. The molecule has 0 saturated carbocycles. The highest BCUT2D eigenvalue weighted by atomic mass is 79.9. The van der Waals surface area contributed by atoms with Crippen molar-refractivity contribution in [2.24, 2.45) is 0 Å². The third-order valence-corrected chi connectivity index (χ3v) is 4.08. The van der Waals surface area contributed by atoms with Crippen LogP contribution in [0.25, 0.3) is 0 Å². The zero-order valence-corrected chi connectivity index (χ0v) is 12.4. The fourth-order valence-corrected chi connectivity index (χ4v) is 2.37. The molecule has 0 spiro atoms. The van der Waals surface area contributed by atoms with E-state index < -0.39 is 11.9 Å². The van der Waals surface area contributed by atoms with E-state index in [2.05, 4.69) is 15.9 Å². The lowest BCUT2D eigenvalue weighted by Crippen LogP contribution is -2.02. The van der Waals surface area contributed by atoms with Gasteiger partial charge in [-0.15, -0.1) is 0 Å². The summed E-state index contributed by atoms with van der Waals surface area (Å²) in [6, 6.07) is 9.53. The Kier molecular flexibility index (Phi) is 4.45. The minimum Gasteiger partial charge on any atom is -0.494 e. The zero-order chi connectivity index (χ0) is 14.0. The van der Waals surface area contributed by atoms with E-state index in [1.54, 1.807) is 24.3 Å². The second-order valence-corrected chi connectivity index (χ2v) is 5.17. The molecular weight excluding hydrogens is 335 g/mol. The minimum atomic E-state index is -0.995. The summed E-state index contributed by atoms with van der Waals surface area (Å²) in [5.41, 5.74) is 0.930. The smallest absolute Gasteiger partial charge is 0.165 e. The van der Waals surface area contributed by atoms with Crippen LogP contribution < -0.4 is 4.74 Å². The Bertz CT molecular complexity index is 604. The van der Waals surface area contributed by atoms with Crippen LogP contribution in [0, 0.1) is 5.82 Å². The van der Waals surface area contributed by atoms with Gasteiger partial charge in [-0.1, -0.05) is 29.8 Å². The lowest BCUT2D eigenvalue weighted by atomic mass is 10.0. The van der Waals surface area contributed by atoms with Gasteiger partial charge in [0.2, 0.25) is 0 Å². The minimum absolute atomic E-state index is 0.135. The van der Waals surface area contributed by atoms with Gasteiger partial charge in [0, 0.05) is 10.0 Å². The highest BCUT2D eigenvalue weighted by Gasteiger charge is 2.17. The maximum absolute atomic E-state index is 13.6. The average Bonchev–Trinajstić information content (AvgIpc) is 2.41. The van der Waals surface area contributed by atoms with E-state index >= 15 is 0 Å². The summed E-state index contributed by atoms with van der Waals surface area (Å²) < 4.78 is 19.1. The van der Waals surface area contributed by atoms with Gasteiger partial charge in [-0.3, -0.25) is 0 Å². The predicted molar refractivity (Wildman–Crippen MR) is 76.2 cm³/mol. The molecule has 0 heterocycles. The summed E-state index contributed by atoms with van der Waals surface area (Å²) >= 11 is 9.40. The Morgan fingerprint density at radius 3 is 2.68 bits per heavy atom. The number of hydrogen-bond acceptors (Lipinski definition) is 2. The molecule has 1 atom stereocenters. The van der Waals surface area contributed by atoms with Crippen LogP contribution in [-0.4, -0.2) is 12.2 Å². The topological polar surface area (TPSA) is 29.5 Å². The van der Waals surface area contributed by atoms with Gasteiger partial charge in [-0.05, 0) is 39.7 Å². The van der Waals surface area contributed by atoms with Crippen LogP contribution >= 0.6 is 27.5 Å². The van der Waals surface area contributed by atoms with Crippen molar-refractivity contribution in [3.05, 3.63) is 62.8 Å². The van der Waals surface area contributed by atoms with Crippen molar-refractivity contribution in [1.29, 1.82) is 0 Å². The van der Waals surface area contributed by atoms with E-state index in [-0.39, 0.29) is 5.75 Å². The van der Waals surface area contributed by atoms with Gasteiger partial charge in [-0.2, -0.15) is 0 Å². The lowest BCUT2D eigenvalue weighted by molar-refractivity contribution is 0.219. The van der Waals surface area contributed by atoms with Crippen molar-refractivity contribution >= 4 is 27.5 Å². The molecule has 2 nitrogen and oxygen atoms in total. The Morgan fingerprint density at radius 1 is 1.32 bits per heavy atom. The number of ether oxygens (including phenoxy) is 1. The molecule has 19 heavy (non-hydrogen) atoms. The highest BCUT2D eigenvalue weighted by Crippen LogP contribution is 2.34. The Labute approximate surface area is 123 Å². The van der Waals surface area contributed by atoms with E-state index in [4.69, 9.17) is 16.3 Å². The second kappa shape index (κ2) is 5.90. The summed E-state index contributed by atoms with van der Waals surface area (Å²) in [6.07, 6.45) is -0.995. The summed E-state index contributed by atoms with van der Waals surface area (Å²) in [5, 5.41) is 10.7. The second-order valence-electron chi connectivity index (χ2n) is 3.94. The molecule has 2 rings (SSSR count). The molecule has 0 aliphatic carbocycles. The van der Waals surface area contributed by atoms with Crippen LogP contribution in [0.5, 0.6) is 5.75 Å². The molecule has 0 fully saturated rings.